The second-order valence-electron chi connectivity index (χ2n) is 4.48. The number of rotatable bonds is 3. The summed E-state index contributed by atoms with van der Waals surface area (Å²) in [5, 5.41) is 23.9. The maximum atomic E-state index is 12.7. The lowest BCUT2D eigenvalue weighted by molar-refractivity contribution is -0.390. The molecule has 0 saturated carbocycles. The fourth-order valence-electron chi connectivity index (χ4n) is 1.85. The highest BCUT2D eigenvalue weighted by Gasteiger charge is 2.31. The predicted molar refractivity (Wildman–Crippen MR) is 76.7 cm³/mol. The van der Waals surface area contributed by atoms with E-state index in [-0.39, 0.29) is 27.5 Å². The van der Waals surface area contributed by atoms with Gasteiger partial charge in [-0.2, -0.15) is 13.2 Å². The first kappa shape index (κ1) is 16.1. The molecule has 2 heterocycles. The summed E-state index contributed by atoms with van der Waals surface area (Å²) in [6, 6.07) is 4.35. The van der Waals surface area contributed by atoms with Gasteiger partial charge in [-0.05, 0) is 39.1 Å². The SMILES string of the molecule is O=[N+]([O-])c1[nH]nc(-c2nnc(-c3cccc(C(F)(F)F)c3)o2)c1Br. The van der Waals surface area contributed by atoms with Crippen LogP contribution in [0.4, 0.5) is 19.0 Å². The number of nitrogens with one attached hydrogen (secondary N) is 1. The summed E-state index contributed by atoms with van der Waals surface area (Å²) in [6.45, 7) is 0. The zero-order valence-corrected chi connectivity index (χ0v) is 12.9. The lowest BCUT2D eigenvalue weighted by Gasteiger charge is -2.06. The van der Waals surface area contributed by atoms with Crippen molar-refractivity contribution in [3.05, 3.63) is 44.4 Å². The third-order valence-electron chi connectivity index (χ3n) is 2.94. The minimum atomic E-state index is -4.51. The number of hydrogen-bond donors (Lipinski definition) is 1. The molecule has 3 rings (SSSR count). The first-order valence-electron chi connectivity index (χ1n) is 6.17. The van der Waals surface area contributed by atoms with E-state index in [4.69, 9.17) is 4.42 Å². The van der Waals surface area contributed by atoms with Crippen LogP contribution in [-0.2, 0) is 6.18 Å². The fraction of sp³-hybridized carbons (Fsp3) is 0.0833. The Balaban J connectivity index is 1.99. The van der Waals surface area contributed by atoms with Gasteiger partial charge in [-0.15, -0.1) is 15.3 Å². The number of aromatic amines is 1. The van der Waals surface area contributed by atoms with E-state index in [0.29, 0.717) is 0 Å². The molecule has 0 amide bonds. The van der Waals surface area contributed by atoms with Gasteiger partial charge in [-0.25, -0.2) is 0 Å². The third-order valence-corrected chi connectivity index (χ3v) is 3.69. The predicted octanol–water partition coefficient (Wildman–Crippen LogP) is 3.82. The van der Waals surface area contributed by atoms with Crippen LogP contribution in [0.5, 0.6) is 0 Å². The van der Waals surface area contributed by atoms with Crippen LogP contribution in [0, 0.1) is 10.1 Å². The average molecular weight is 404 g/mol. The van der Waals surface area contributed by atoms with Gasteiger partial charge in [-0.1, -0.05) is 11.2 Å². The van der Waals surface area contributed by atoms with Crippen molar-refractivity contribution in [3.8, 4) is 23.0 Å². The molecular weight excluding hydrogens is 399 g/mol. The number of benzene rings is 1. The standard InChI is InChI=1S/C12H5BrF3N5O3/c13-7-8(17-18-9(7)21(22)23)11-20-19-10(24-11)5-2-1-3-6(4-5)12(14,15)16/h1-4H,(H,17,18). The van der Waals surface area contributed by atoms with Crippen LogP contribution in [0.1, 0.15) is 5.56 Å². The molecule has 0 aliphatic rings. The number of nitrogens with zero attached hydrogens (tertiary/aromatic N) is 4. The average Bonchev–Trinajstić information content (AvgIpc) is 3.13. The van der Waals surface area contributed by atoms with Crippen molar-refractivity contribution in [2.45, 2.75) is 6.18 Å². The summed E-state index contributed by atoms with van der Waals surface area (Å²) in [4.78, 5) is 10.1. The Morgan fingerprint density at radius 3 is 2.58 bits per heavy atom. The second-order valence-corrected chi connectivity index (χ2v) is 5.28. The van der Waals surface area contributed by atoms with Gasteiger partial charge in [-0.3, -0.25) is 0 Å². The lowest BCUT2D eigenvalue weighted by Crippen LogP contribution is -2.04. The van der Waals surface area contributed by atoms with Crippen molar-refractivity contribution in [3.63, 3.8) is 0 Å². The molecule has 12 heteroatoms. The molecule has 1 aromatic carbocycles. The molecular formula is C12H5BrF3N5O3. The Morgan fingerprint density at radius 2 is 1.96 bits per heavy atom. The normalized spacial score (nSPS) is 11.7. The summed E-state index contributed by atoms with van der Waals surface area (Å²) in [5.41, 5.74) is -0.825. The van der Waals surface area contributed by atoms with Gasteiger partial charge in [0.05, 0.1) is 5.56 Å². The fourth-order valence-corrected chi connectivity index (χ4v) is 2.34. The molecule has 24 heavy (non-hydrogen) atoms. The molecule has 124 valence electrons. The minimum absolute atomic E-state index is 0.00765. The van der Waals surface area contributed by atoms with Crippen LogP contribution >= 0.6 is 15.9 Å². The summed E-state index contributed by atoms with van der Waals surface area (Å²) in [6.07, 6.45) is -4.51. The monoisotopic (exact) mass is 403 g/mol. The van der Waals surface area contributed by atoms with E-state index in [1.54, 1.807) is 0 Å². The maximum Gasteiger partial charge on any atom is 0.416 e. The number of H-pyrrole nitrogens is 1. The molecule has 0 bridgehead atoms. The molecule has 0 aliphatic heterocycles. The smallest absolute Gasteiger partial charge is 0.414 e. The Labute approximate surface area is 139 Å². The van der Waals surface area contributed by atoms with Gasteiger partial charge in [0.2, 0.25) is 5.89 Å². The van der Waals surface area contributed by atoms with Gasteiger partial charge in [0.15, 0.2) is 5.69 Å². The van der Waals surface area contributed by atoms with Crippen LogP contribution in [0.15, 0.2) is 33.2 Å². The first-order chi connectivity index (χ1) is 11.3. The second kappa shape index (κ2) is 5.70. The number of nitro groups is 1. The Hall–Kier alpha value is -2.76. The zero-order valence-electron chi connectivity index (χ0n) is 11.3. The van der Waals surface area contributed by atoms with Crippen molar-refractivity contribution in [2.75, 3.05) is 0 Å². The van der Waals surface area contributed by atoms with E-state index in [2.05, 4.69) is 36.3 Å². The van der Waals surface area contributed by atoms with E-state index >= 15 is 0 Å². The van der Waals surface area contributed by atoms with Crippen molar-refractivity contribution >= 4 is 21.7 Å². The van der Waals surface area contributed by atoms with E-state index in [1.807, 2.05) is 0 Å². The zero-order chi connectivity index (χ0) is 17.5. The molecule has 0 aliphatic carbocycles. The van der Waals surface area contributed by atoms with E-state index < -0.39 is 22.5 Å². The number of alkyl halides is 3. The number of halogens is 4. The van der Waals surface area contributed by atoms with E-state index in [1.165, 1.54) is 12.1 Å². The Morgan fingerprint density at radius 1 is 1.25 bits per heavy atom. The molecule has 0 saturated heterocycles. The maximum absolute atomic E-state index is 12.7. The van der Waals surface area contributed by atoms with Crippen LogP contribution < -0.4 is 0 Å². The van der Waals surface area contributed by atoms with Gasteiger partial charge < -0.3 is 14.5 Å². The molecule has 3 aromatic rings. The Bertz CT molecular complexity index is 921. The third kappa shape index (κ3) is 2.87. The molecule has 2 aromatic heterocycles. The first-order valence-corrected chi connectivity index (χ1v) is 6.96. The van der Waals surface area contributed by atoms with E-state index in [0.717, 1.165) is 12.1 Å². The van der Waals surface area contributed by atoms with Gasteiger partial charge in [0.1, 0.15) is 4.47 Å². The van der Waals surface area contributed by atoms with Crippen molar-refractivity contribution in [1.82, 2.24) is 20.4 Å². The van der Waals surface area contributed by atoms with Gasteiger partial charge in [0.25, 0.3) is 5.89 Å². The highest BCUT2D eigenvalue weighted by Crippen LogP contribution is 2.35. The Kier molecular flexibility index (Phi) is 3.83. The van der Waals surface area contributed by atoms with Crippen LogP contribution in [0.25, 0.3) is 23.0 Å². The largest absolute Gasteiger partial charge is 0.416 e. The van der Waals surface area contributed by atoms with Gasteiger partial charge >= 0.3 is 12.0 Å². The highest BCUT2D eigenvalue weighted by atomic mass is 79.9. The van der Waals surface area contributed by atoms with Crippen LogP contribution in [0.2, 0.25) is 0 Å². The molecule has 0 fully saturated rings. The molecule has 8 nitrogen and oxygen atoms in total. The van der Waals surface area contributed by atoms with Crippen molar-refractivity contribution < 1.29 is 22.5 Å². The minimum Gasteiger partial charge on any atom is -0.414 e. The van der Waals surface area contributed by atoms with Gasteiger partial charge in [0, 0.05) is 5.56 Å². The molecule has 1 N–H and O–H groups in total. The highest BCUT2D eigenvalue weighted by molar-refractivity contribution is 9.10. The van der Waals surface area contributed by atoms with Crippen molar-refractivity contribution in [2.24, 2.45) is 0 Å². The summed E-state index contributed by atoms with van der Waals surface area (Å²) in [5.74, 6) is -0.767. The molecule has 0 unspecified atom stereocenters. The molecule has 0 spiro atoms. The number of aromatic nitrogens is 4. The summed E-state index contributed by atoms with van der Waals surface area (Å²) >= 11 is 2.98. The topological polar surface area (TPSA) is 111 Å². The summed E-state index contributed by atoms with van der Waals surface area (Å²) < 4.78 is 43.5. The molecule has 0 atom stereocenters. The number of hydrogen-bond acceptors (Lipinski definition) is 6. The van der Waals surface area contributed by atoms with Crippen molar-refractivity contribution in [1.29, 1.82) is 0 Å². The lowest BCUT2D eigenvalue weighted by atomic mass is 10.1. The van der Waals surface area contributed by atoms with E-state index in [9.17, 15) is 23.3 Å². The van der Waals surface area contributed by atoms with Crippen LogP contribution in [-0.4, -0.2) is 25.3 Å². The summed E-state index contributed by atoms with van der Waals surface area (Å²) in [7, 11) is 0. The molecule has 0 radical (unpaired) electrons. The van der Waals surface area contributed by atoms with Crippen LogP contribution in [0.3, 0.4) is 0 Å². The quantitative estimate of drug-likeness (QED) is 0.525.